The van der Waals surface area contributed by atoms with Crippen LogP contribution in [-0.4, -0.2) is 11.8 Å². The van der Waals surface area contributed by atoms with Gasteiger partial charge in [-0.2, -0.15) is 13.2 Å². The largest absolute Gasteiger partial charge is 0.418 e. The number of benzene rings is 2. The molecule has 2 aromatic rings. The summed E-state index contributed by atoms with van der Waals surface area (Å²) >= 11 is 0. The lowest BCUT2D eigenvalue weighted by atomic mass is 9.94. The van der Waals surface area contributed by atoms with Gasteiger partial charge in [-0.25, -0.2) is 0 Å². The van der Waals surface area contributed by atoms with Crippen molar-refractivity contribution in [1.82, 2.24) is 0 Å². The molecule has 23 heavy (non-hydrogen) atoms. The molecule has 0 fully saturated rings. The van der Waals surface area contributed by atoms with Crippen LogP contribution in [-0.2, 0) is 6.18 Å². The third-order valence-electron chi connectivity index (χ3n) is 3.24. The first-order valence-corrected chi connectivity index (χ1v) is 6.32. The Hall–Kier alpha value is -3.03. The van der Waals surface area contributed by atoms with Gasteiger partial charge >= 0.3 is 6.18 Å². The van der Waals surface area contributed by atoms with E-state index in [1.807, 2.05) is 0 Å². The molecule has 0 atom stereocenters. The van der Waals surface area contributed by atoms with Gasteiger partial charge in [-0.1, -0.05) is 6.07 Å². The van der Waals surface area contributed by atoms with E-state index in [4.69, 9.17) is 17.2 Å². The number of amides is 2. The summed E-state index contributed by atoms with van der Waals surface area (Å²) in [5.74, 6) is -1.63. The van der Waals surface area contributed by atoms with Gasteiger partial charge in [-0.3, -0.25) is 9.59 Å². The summed E-state index contributed by atoms with van der Waals surface area (Å²) in [5.41, 5.74) is 14.3. The highest BCUT2D eigenvalue weighted by Gasteiger charge is 2.33. The fourth-order valence-electron chi connectivity index (χ4n) is 2.12. The van der Waals surface area contributed by atoms with Gasteiger partial charge in [-0.05, 0) is 41.5 Å². The molecule has 0 aliphatic carbocycles. The van der Waals surface area contributed by atoms with E-state index < -0.39 is 29.2 Å². The number of nitrogens with two attached hydrogens (primary N) is 3. The second-order valence-electron chi connectivity index (χ2n) is 4.79. The number of hydrogen-bond acceptors (Lipinski definition) is 3. The van der Waals surface area contributed by atoms with E-state index in [2.05, 4.69) is 0 Å². The summed E-state index contributed by atoms with van der Waals surface area (Å²) in [4.78, 5) is 22.7. The number of nitrogen functional groups attached to an aromatic ring is 1. The summed E-state index contributed by atoms with van der Waals surface area (Å²) in [7, 11) is 0. The number of alkyl halides is 3. The van der Waals surface area contributed by atoms with E-state index >= 15 is 0 Å². The Kier molecular flexibility index (Phi) is 4.00. The maximum atomic E-state index is 13.0. The minimum absolute atomic E-state index is 0.0344. The maximum absolute atomic E-state index is 13.0. The number of primary amides is 2. The van der Waals surface area contributed by atoms with Gasteiger partial charge in [0.15, 0.2) is 0 Å². The zero-order valence-electron chi connectivity index (χ0n) is 11.6. The van der Waals surface area contributed by atoms with E-state index in [-0.39, 0.29) is 22.3 Å². The highest BCUT2D eigenvalue weighted by atomic mass is 19.4. The normalized spacial score (nSPS) is 11.3. The van der Waals surface area contributed by atoms with Crippen LogP contribution in [0.2, 0.25) is 0 Å². The molecule has 2 amide bonds. The van der Waals surface area contributed by atoms with Gasteiger partial charge in [0.2, 0.25) is 11.8 Å². The Balaban J connectivity index is 2.72. The zero-order chi connectivity index (χ0) is 17.4. The van der Waals surface area contributed by atoms with Crippen molar-refractivity contribution in [1.29, 1.82) is 0 Å². The number of anilines is 1. The second kappa shape index (κ2) is 5.64. The van der Waals surface area contributed by atoms with Crippen molar-refractivity contribution in [2.75, 3.05) is 5.73 Å². The number of rotatable bonds is 3. The molecule has 0 aromatic heterocycles. The first-order valence-electron chi connectivity index (χ1n) is 6.32. The van der Waals surface area contributed by atoms with Crippen LogP contribution in [0.15, 0.2) is 36.4 Å². The fourth-order valence-corrected chi connectivity index (χ4v) is 2.12. The predicted octanol–water partition coefficient (Wildman–Crippen LogP) is 2.15. The van der Waals surface area contributed by atoms with Crippen molar-refractivity contribution in [2.45, 2.75) is 6.18 Å². The van der Waals surface area contributed by atoms with Gasteiger partial charge in [-0.15, -0.1) is 0 Å². The topological polar surface area (TPSA) is 112 Å². The number of halogens is 3. The number of carbonyl (C=O) groups is 2. The highest BCUT2D eigenvalue weighted by molar-refractivity contribution is 6.03. The Morgan fingerprint density at radius 3 is 2.09 bits per heavy atom. The lowest BCUT2D eigenvalue weighted by Crippen LogP contribution is -2.16. The smallest absolute Gasteiger partial charge is 0.398 e. The van der Waals surface area contributed by atoms with Crippen molar-refractivity contribution in [3.8, 4) is 11.1 Å². The molecule has 0 unspecified atom stereocenters. The summed E-state index contributed by atoms with van der Waals surface area (Å²) in [6.07, 6.45) is -4.66. The SMILES string of the molecule is NC(=O)c1ccc(C(N)=O)c(-c2ccc(N)c(C(F)(F)F)c2)c1. The molecule has 120 valence electrons. The molecule has 0 aliphatic heterocycles. The van der Waals surface area contributed by atoms with Gasteiger partial charge in [0.25, 0.3) is 0 Å². The molecule has 5 nitrogen and oxygen atoms in total. The molecule has 2 aromatic carbocycles. The van der Waals surface area contributed by atoms with Crippen LogP contribution in [0, 0.1) is 0 Å². The molecule has 0 bridgehead atoms. The second-order valence-corrected chi connectivity index (χ2v) is 4.79. The predicted molar refractivity (Wildman–Crippen MR) is 78.3 cm³/mol. The first-order chi connectivity index (χ1) is 10.6. The Bertz CT molecular complexity index is 801. The van der Waals surface area contributed by atoms with Crippen LogP contribution in [0.1, 0.15) is 26.3 Å². The summed E-state index contributed by atoms with van der Waals surface area (Å²) < 4.78 is 38.9. The molecular weight excluding hydrogens is 311 g/mol. The van der Waals surface area contributed by atoms with Crippen molar-refractivity contribution in [3.05, 3.63) is 53.1 Å². The summed E-state index contributed by atoms with van der Waals surface area (Å²) in [5, 5.41) is 0. The lowest BCUT2D eigenvalue weighted by molar-refractivity contribution is -0.136. The number of hydrogen-bond donors (Lipinski definition) is 3. The van der Waals surface area contributed by atoms with Crippen molar-refractivity contribution < 1.29 is 22.8 Å². The zero-order valence-corrected chi connectivity index (χ0v) is 11.6. The van der Waals surface area contributed by atoms with Crippen LogP contribution in [0.5, 0.6) is 0 Å². The van der Waals surface area contributed by atoms with Gasteiger partial charge in [0.1, 0.15) is 0 Å². The molecule has 0 saturated carbocycles. The van der Waals surface area contributed by atoms with E-state index in [0.717, 1.165) is 12.1 Å². The third kappa shape index (κ3) is 3.25. The molecule has 6 N–H and O–H groups in total. The molecule has 0 heterocycles. The van der Waals surface area contributed by atoms with Crippen LogP contribution in [0.3, 0.4) is 0 Å². The minimum Gasteiger partial charge on any atom is -0.398 e. The average Bonchev–Trinajstić information content (AvgIpc) is 2.45. The van der Waals surface area contributed by atoms with Crippen LogP contribution in [0.25, 0.3) is 11.1 Å². The first kappa shape index (κ1) is 16.3. The van der Waals surface area contributed by atoms with E-state index in [0.29, 0.717) is 0 Å². The number of carbonyl (C=O) groups excluding carboxylic acids is 2. The van der Waals surface area contributed by atoms with Crippen LogP contribution in [0.4, 0.5) is 18.9 Å². The van der Waals surface area contributed by atoms with Crippen molar-refractivity contribution in [3.63, 3.8) is 0 Å². The van der Waals surface area contributed by atoms with Gasteiger partial charge in [0.05, 0.1) is 5.56 Å². The molecule has 0 spiro atoms. The Labute approximate surface area is 128 Å². The van der Waals surface area contributed by atoms with E-state index in [9.17, 15) is 22.8 Å². The van der Waals surface area contributed by atoms with E-state index in [1.54, 1.807) is 0 Å². The molecule has 8 heteroatoms. The minimum atomic E-state index is -4.66. The molecule has 0 radical (unpaired) electrons. The quantitative estimate of drug-likeness (QED) is 0.752. The van der Waals surface area contributed by atoms with Crippen LogP contribution < -0.4 is 17.2 Å². The third-order valence-corrected chi connectivity index (χ3v) is 3.24. The molecule has 0 aliphatic rings. The average molecular weight is 323 g/mol. The fraction of sp³-hybridized carbons (Fsp3) is 0.0667. The Morgan fingerprint density at radius 2 is 1.57 bits per heavy atom. The monoisotopic (exact) mass is 323 g/mol. The molecule has 0 saturated heterocycles. The molecular formula is C15H12F3N3O2. The van der Waals surface area contributed by atoms with E-state index in [1.165, 1.54) is 24.3 Å². The summed E-state index contributed by atoms with van der Waals surface area (Å²) in [6, 6.07) is 6.89. The van der Waals surface area contributed by atoms with Gasteiger partial charge in [0, 0.05) is 16.8 Å². The highest BCUT2D eigenvalue weighted by Crippen LogP contribution is 2.37. The van der Waals surface area contributed by atoms with Crippen molar-refractivity contribution in [2.24, 2.45) is 11.5 Å². The standard InChI is InChI=1S/C15H12F3N3O2/c16-15(17,18)11-6-7(2-4-12(11)19)10-5-8(13(20)22)1-3-9(10)14(21)23/h1-6H,19H2,(H2,20,22)(H2,21,23). The van der Waals surface area contributed by atoms with Gasteiger partial charge < -0.3 is 17.2 Å². The molecule has 2 rings (SSSR count). The van der Waals surface area contributed by atoms with Crippen molar-refractivity contribution >= 4 is 17.5 Å². The maximum Gasteiger partial charge on any atom is 0.418 e. The summed E-state index contributed by atoms with van der Waals surface area (Å²) in [6.45, 7) is 0. The van der Waals surface area contributed by atoms with Crippen LogP contribution >= 0.6 is 0 Å². The lowest BCUT2D eigenvalue weighted by Gasteiger charge is -2.14. The Morgan fingerprint density at radius 1 is 0.913 bits per heavy atom.